The van der Waals surface area contributed by atoms with Crippen LogP contribution in [-0.2, 0) is 58.6 Å². The highest BCUT2D eigenvalue weighted by Gasteiger charge is 2.45. The molecule has 0 aliphatic carbocycles. The SMILES string of the molecule is CC(NOC(=O)CCC(=O)OCC(O)C1OC(=O)C(OP(=O)(N(C)C)N(C)C)=C1O)C(=O)NC(Cc1cnc[nH]1)C(=O)NC(CCCCN)C(=O)O. The summed E-state index contributed by atoms with van der Waals surface area (Å²) < 4.78 is 30.5. The first kappa shape index (κ1) is 43.6. The van der Waals surface area contributed by atoms with Gasteiger partial charge in [0.15, 0.2) is 11.9 Å². The first-order valence-electron chi connectivity index (χ1n) is 16.0. The summed E-state index contributed by atoms with van der Waals surface area (Å²) in [7, 11) is 1.91. The molecule has 2 heterocycles. The average molecular weight is 763 g/mol. The lowest BCUT2D eigenvalue weighted by molar-refractivity contribution is -0.160. The fourth-order valence-electron chi connectivity index (χ4n) is 4.39. The molecule has 292 valence electrons. The highest BCUT2D eigenvalue weighted by Crippen LogP contribution is 2.53. The Kier molecular flexibility index (Phi) is 17.1. The molecule has 2 amide bonds. The average Bonchev–Trinajstić information content (AvgIpc) is 3.70. The van der Waals surface area contributed by atoms with Gasteiger partial charge in [-0.1, -0.05) is 0 Å². The van der Waals surface area contributed by atoms with Crippen molar-refractivity contribution in [2.75, 3.05) is 41.3 Å². The number of hydrogen-bond donors (Lipinski definition) is 8. The number of aliphatic carboxylic acids is 1. The van der Waals surface area contributed by atoms with Crippen LogP contribution in [-0.4, -0.2) is 142 Å². The molecule has 5 unspecified atom stereocenters. The number of aliphatic hydroxyl groups excluding tert-OH is 2. The summed E-state index contributed by atoms with van der Waals surface area (Å²) >= 11 is 0. The van der Waals surface area contributed by atoms with Crippen molar-refractivity contribution in [2.24, 2.45) is 5.73 Å². The van der Waals surface area contributed by atoms with Crippen molar-refractivity contribution >= 4 is 43.4 Å². The third-order valence-electron chi connectivity index (χ3n) is 7.36. The fraction of sp³-hybridized carbons (Fsp3) is 0.621. The van der Waals surface area contributed by atoms with Crippen molar-refractivity contribution in [3.8, 4) is 0 Å². The Bertz CT molecular complexity index is 1480. The van der Waals surface area contributed by atoms with E-state index in [0.717, 1.165) is 0 Å². The number of cyclic esters (lactones) is 1. The van der Waals surface area contributed by atoms with E-state index >= 15 is 0 Å². The predicted octanol–water partition coefficient (Wildman–Crippen LogP) is -1.80. The number of ether oxygens (including phenoxy) is 2. The van der Waals surface area contributed by atoms with Gasteiger partial charge >= 0.3 is 31.5 Å². The molecule has 1 aliphatic heterocycles. The third-order valence-corrected chi connectivity index (χ3v) is 9.80. The van der Waals surface area contributed by atoms with Gasteiger partial charge in [0, 0.05) is 18.3 Å². The summed E-state index contributed by atoms with van der Waals surface area (Å²) in [5, 5.41) is 35.2. The van der Waals surface area contributed by atoms with Crippen LogP contribution < -0.4 is 21.8 Å². The van der Waals surface area contributed by atoms with Gasteiger partial charge in [0.1, 0.15) is 30.8 Å². The lowest BCUT2D eigenvalue weighted by Gasteiger charge is -2.29. The van der Waals surface area contributed by atoms with E-state index in [9.17, 15) is 48.7 Å². The number of H-pyrrole nitrogens is 1. The zero-order valence-electron chi connectivity index (χ0n) is 29.4. The number of carbonyl (C=O) groups is 6. The predicted molar refractivity (Wildman–Crippen MR) is 177 cm³/mol. The van der Waals surface area contributed by atoms with Crippen LogP contribution in [0.2, 0.25) is 0 Å². The number of amides is 2. The summed E-state index contributed by atoms with van der Waals surface area (Å²) in [6, 6.07) is -3.67. The largest absolute Gasteiger partial charge is 0.505 e. The zero-order valence-corrected chi connectivity index (χ0v) is 30.3. The normalized spacial score (nSPS) is 16.9. The van der Waals surface area contributed by atoms with Gasteiger partial charge in [-0.3, -0.25) is 19.2 Å². The Balaban J connectivity index is 1.86. The first-order valence-corrected chi connectivity index (χ1v) is 17.5. The molecule has 22 nitrogen and oxygen atoms in total. The van der Waals surface area contributed by atoms with Gasteiger partial charge in [0.25, 0.3) is 5.76 Å². The lowest BCUT2D eigenvalue weighted by Crippen LogP contribution is -2.55. The van der Waals surface area contributed by atoms with Gasteiger partial charge < -0.3 is 55.5 Å². The Labute approximate surface area is 298 Å². The van der Waals surface area contributed by atoms with Crippen LogP contribution in [0.3, 0.4) is 0 Å². The number of hydroxylamine groups is 1. The number of carboxylic acids is 1. The topological polar surface area (TPSA) is 314 Å². The van der Waals surface area contributed by atoms with Crippen LogP contribution >= 0.6 is 7.67 Å². The van der Waals surface area contributed by atoms with Gasteiger partial charge in [0.05, 0.1) is 19.2 Å². The molecule has 1 aromatic rings. The van der Waals surface area contributed by atoms with Crippen LogP contribution in [0.25, 0.3) is 0 Å². The fourth-order valence-corrected chi connectivity index (χ4v) is 5.84. The lowest BCUT2D eigenvalue weighted by atomic mass is 10.1. The number of nitrogens with two attached hydrogens (primary N) is 1. The molecule has 9 N–H and O–H groups in total. The van der Waals surface area contributed by atoms with E-state index in [1.54, 1.807) is 0 Å². The van der Waals surface area contributed by atoms with Crippen LogP contribution in [0.4, 0.5) is 0 Å². The number of hydrogen-bond acceptors (Lipinski definition) is 16. The van der Waals surface area contributed by atoms with Crippen molar-refractivity contribution in [2.45, 2.75) is 75.8 Å². The maximum atomic E-state index is 13.0. The molecule has 52 heavy (non-hydrogen) atoms. The van der Waals surface area contributed by atoms with Gasteiger partial charge in [-0.05, 0) is 60.9 Å². The van der Waals surface area contributed by atoms with E-state index < -0.39 is 105 Å². The van der Waals surface area contributed by atoms with Crippen molar-refractivity contribution in [3.05, 3.63) is 29.7 Å². The van der Waals surface area contributed by atoms with Crippen LogP contribution in [0.5, 0.6) is 0 Å². The second-order valence-corrected chi connectivity index (χ2v) is 14.7. The van der Waals surface area contributed by atoms with Crippen molar-refractivity contribution in [1.82, 2.24) is 35.4 Å². The highest BCUT2D eigenvalue weighted by molar-refractivity contribution is 7.54. The number of aromatic amines is 1. The van der Waals surface area contributed by atoms with Gasteiger partial charge in [0.2, 0.25) is 11.8 Å². The number of carboxylic acid groups (broad SMARTS) is 1. The van der Waals surface area contributed by atoms with E-state index in [-0.39, 0.29) is 12.8 Å². The third kappa shape index (κ3) is 12.9. The molecule has 0 bridgehead atoms. The smallest absolute Gasteiger partial charge is 0.395 e. The van der Waals surface area contributed by atoms with Crippen LogP contribution in [0, 0.1) is 0 Å². The summed E-state index contributed by atoms with van der Waals surface area (Å²) in [5.74, 6) is -7.63. The van der Waals surface area contributed by atoms with Crippen LogP contribution in [0.15, 0.2) is 24.0 Å². The van der Waals surface area contributed by atoms with Gasteiger partial charge in [-0.15, -0.1) is 5.48 Å². The summed E-state index contributed by atoms with van der Waals surface area (Å²) in [5.41, 5.74) is 8.13. The number of imidazole rings is 1. The molecule has 1 aromatic heterocycles. The molecule has 0 aromatic carbocycles. The van der Waals surface area contributed by atoms with Gasteiger partial charge in [-0.2, -0.15) is 0 Å². The van der Waals surface area contributed by atoms with E-state index in [0.29, 0.717) is 25.1 Å². The standard InChI is InChI=1S/C29H47N8O14P/c1-16(26(42)34-19(12-17-13-31-15-32-17)27(43)33-18(28(44)45)8-6-7-11-30)35-50-22(40)10-9-21(39)48-14-20(38)24-23(41)25(29(46)49-24)51-52(47,36(2)3)37(4)5/h13,15-16,18-20,24,35,38,41H,6-12,14,30H2,1-5H3,(H,31,32)(H,33,43)(H,34,42)(H,44,45). The molecule has 1 aliphatic rings. The molecule has 0 saturated carbocycles. The molecule has 0 spiro atoms. The molecular weight excluding hydrogens is 715 g/mol. The van der Waals surface area contributed by atoms with E-state index in [2.05, 4.69) is 26.1 Å². The van der Waals surface area contributed by atoms with Crippen molar-refractivity contribution in [1.29, 1.82) is 0 Å². The number of nitrogens with zero attached hydrogens (tertiary/aromatic N) is 3. The highest BCUT2D eigenvalue weighted by atomic mass is 31.2. The molecule has 0 saturated heterocycles. The molecular formula is C29H47N8O14P. The number of rotatable bonds is 23. The second-order valence-electron chi connectivity index (χ2n) is 11.9. The number of aromatic nitrogens is 2. The monoisotopic (exact) mass is 762 g/mol. The van der Waals surface area contributed by atoms with E-state index in [1.807, 2.05) is 0 Å². The Morgan fingerprint density at radius 3 is 2.27 bits per heavy atom. The summed E-state index contributed by atoms with van der Waals surface area (Å²) in [6.45, 7) is 0.894. The van der Waals surface area contributed by atoms with Crippen molar-refractivity contribution < 1.29 is 67.5 Å². The minimum absolute atomic E-state index is 0.0704. The zero-order chi connectivity index (χ0) is 39.2. The van der Waals surface area contributed by atoms with Crippen LogP contribution in [0.1, 0.15) is 44.7 Å². The summed E-state index contributed by atoms with van der Waals surface area (Å²) in [4.78, 5) is 85.8. The second kappa shape index (κ2) is 20.4. The quantitative estimate of drug-likeness (QED) is 0.0200. The first-order chi connectivity index (χ1) is 24.4. The summed E-state index contributed by atoms with van der Waals surface area (Å²) in [6.07, 6.45) is -0.679. The Morgan fingerprint density at radius 2 is 1.69 bits per heavy atom. The molecule has 0 radical (unpaired) electrons. The number of aliphatic hydroxyl groups is 2. The molecule has 5 atom stereocenters. The molecule has 2 rings (SSSR count). The minimum Gasteiger partial charge on any atom is -0.505 e. The number of carbonyl (C=O) groups excluding carboxylic acids is 5. The number of nitrogens with one attached hydrogen (secondary N) is 4. The molecule has 23 heteroatoms. The Morgan fingerprint density at radius 1 is 1.06 bits per heavy atom. The maximum Gasteiger partial charge on any atom is 0.395 e. The van der Waals surface area contributed by atoms with E-state index in [4.69, 9.17) is 24.6 Å². The Hall–Kier alpha value is -4.60. The van der Waals surface area contributed by atoms with Gasteiger partial charge in [-0.25, -0.2) is 28.5 Å². The van der Waals surface area contributed by atoms with Crippen molar-refractivity contribution in [3.63, 3.8) is 0 Å². The maximum absolute atomic E-state index is 13.0. The minimum atomic E-state index is -3.78. The molecule has 0 fully saturated rings. The van der Waals surface area contributed by atoms with E-state index in [1.165, 1.54) is 57.0 Å². The number of unbranched alkanes of at least 4 members (excludes halogenated alkanes) is 1. The number of esters is 2.